The minimum absolute atomic E-state index is 0.0578. The molecule has 214 valence electrons. The summed E-state index contributed by atoms with van der Waals surface area (Å²) in [6.45, 7) is 3.15. The van der Waals surface area contributed by atoms with Crippen molar-refractivity contribution in [3.63, 3.8) is 0 Å². The Labute approximate surface area is 249 Å². The van der Waals surface area contributed by atoms with Crippen LogP contribution < -0.4 is 14.4 Å². The second kappa shape index (κ2) is 14.1. The van der Waals surface area contributed by atoms with Crippen LogP contribution in [0.2, 0.25) is 15.1 Å². The van der Waals surface area contributed by atoms with Crippen molar-refractivity contribution in [1.29, 1.82) is 0 Å². The van der Waals surface area contributed by atoms with Gasteiger partial charge >= 0.3 is 0 Å². The number of hydrogen-bond donors (Lipinski definition) is 1. The summed E-state index contributed by atoms with van der Waals surface area (Å²) in [5.74, 6) is -0.542. The van der Waals surface area contributed by atoms with Crippen LogP contribution in [0.4, 0.5) is 5.69 Å². The van der Waals surface area contributed by atoms with Gasteiger partial charge in [-0.3, -0.25) is 13.9 Å². The first-order chi connectivity index (χ1) is 19.0. The lowest BCUT2D eigenvalue weighted by Gasteiger charge is -2.33. The molecule has 40 heavy (non-hydrogen) atoms. The van der Waals surface area contributed by atoms with Crippen LogP contribution in [0.15, 0.2) is 71.6 Å². The summed E-state index contributed by atoms with van der Waals surface area (Å²) < 4.78 is 33.9. The van der Waals surface area contributed by atoms with Gasteiger partial charge in [0.25, 0.3) is 10.0 Å². The third-order valence-electron chi connectivity index (χ3n) is 6.15. The predicted octanol–water partition coefficient (Wildman–Crippen LogP) is 5.79. The van der Waals surface area contributed by atoms with Crippen molar-refractivity contribution in [3.05, 3.63) is 87.4 Å². The molecular formula is C28H30Cl3N3O5S. The molecule has 0 spiro atoms. The Morgan fingerprint density at radius 3 is 2.12 bits per heavy atom. The number of carbonyl (C=O) groups excluding carboxylic acids is 2. The van der Waals surface area contributed by atoms with Gasteiger partial charge in [-0.1, -0.05) is 53.9 Å². The summed E-state index contributed by atoms with van der Waals surface area (Å²) in [4.78, 5) is 28.3. The van der Waals surface area contributed by atoms with E-state index in [-0.39, 0.29) is 34.5 Å². The number of benzene rings is 3. The fourth-order valence-electron chi connectivity index (χ4n) is 4.10. The molecule has 0 aliphatic heterocycles. The second-order valence-corrected chi connectivity index (χ2v) is 11.8. The first-order valence-electron chi connectivity index (χ1n) is 12.5. The van der Waals surface area contributed by atoms with Crippen molar-refractivity contribution in [2.24, 2.45) is 0 Å². The zero-order valence-electron chi connectivity index (χ0n) is 22.2. The quantitative estimate of drug-likeness (QED) is 0.274. The summed E-state index contributed by atoms with van der Waals surface area (Å²) >= 11 is 19.0. The maximum Gasteiger partial charge on any atom is 0.264 e. The molecule has 3 rings (SSSR count). The predicted molar refractivity (Wildman–Crippen MR) is 159 cm³/mol. The lowest BCUT2D eigenvalue weighted by atomic mass is 10.1. The number of ether oxygens (including phenoxy) is 1. The van der Waals surface area contributed by atoms with Gasteiger partial charge in [-0.2, -0.15) is 0 Å². The van der Waals surface area contributed by atoms with Gasteiger partial charge in [-0.05, 0) is 67.9 Å². The van der Waals surface area contributed by atoms with Gasteiger partial charge in [-0.15, -0.1) is 0 Å². The van der Waals surface area contributed by atoms with Crippen LogP contribution in [0.1, 0.15) is 25.8 Å². The highest BCUT2D eigenvalue weighted by molar-refractivity contribution is 7.92. The smallest absolute Gasteiger partial charge is 0.264 e. The number of methoxy groups -OCH3 is 1. The Morgan fingerprint density at radius 1 is 0.950 bits per heavy atom. The maximum absolute atomic E-state index is 14.0. The molecule has 0 saturated heterocycles. The monoisotopic (exact) mass is 625 g/mol. The maximum atomic E-state index is 14.0. The van der Waals surface area contributed by atoms with Crippen LogP contribution in [0.5, 0.6) is 5.75 Å². The largest absolute Gasteiger partial charge is 0.497 e. The van der Waals surface area contributed by atoms with Crippen LogP contribution in [0.25, 0.3) is 0 Å². The topological polar surface area (TPSA) is 96.0 Å². The van der Waals surface area contributed by atoms with E-state index in [4.69, 9.17) is 39.5 Å². The van der Waals surface area contributed by atoms with E-state index in [1.165, 1.54) is 48.4 Å². The molecule has 3 aromatic rings. The molecule has 0 unspecified atom stereocenters. The Morgan fingerprint density at radius 2 is 1.57 bits per heavy atom. The number of amides is 2. The van der Waals surface area contributed by atoms with E-state index in [0.717, 1.165) is 4.31 Å². The van der Waals surface area contributed by atoms with Gasteiger partial charge in [0.2, 0.25) is 11.8 Å². The molecule has 1 N–H and O–H groups in total. The van der Waals surface area contributed by atoms with Crippen LogP contribution in [-0.4, -0.2) is 51.4 Å². The molecule has 2 amide bonds. The number of anilines is 1. The highest BCUT2D eigenvalue weighted by Crippen LogP contribution is 2.30. The number of nitrogens with one attached hydrogen (secondary N) is 1. The van der Waals surface area contributed by atoms with Gasteiger partial charge in [0.15, 0.2) is 0 Å². The van der Waals surface area contributed by atoms with Gasteiger partial charge < -0.3 is 15.0 Å². The zero-order valence-corrected chi connectivity index (χ0v) is 25.3. The van der Waals surface area contributed by atoms with Crippen molar-refractivity contribution in [2.45, 2.75) is 37.8 Å². The van der Waals surface area contributed by atoms with E-state index in [9.17, 15) is 18.0 Å². The lowest BCUT2D eigenvalue weighted by molar-refractivity contribution is -0.140. The summed E-state index contributed by atoms with van der Waals surface area (Å²) in [6.07, 6.45) is 0.266. The number of likely N-dealkylation sites (N-methyl/N-ethyl adjacent to an activating group) is 1. The standard InChI is InChI=1S/C28H30Cl3N3O5S/c1-4-26(28(36)32-5-2)33(17-23-24(30)10-7-11-25(23)31)27(35)18-34(20-9-6-8-19(29)16-20)40(37,38)22-14-12-21(39-3)13-15-22/h6-16,26H,4-5,17-18H2,1-3H3,(H,32,36)/t26-/m0/s1. The van der Waals surface area contributed by atoms with Gasteiger partial charge in [0, 0.05) is 33.7 Å². The first kappa shape index (κ1) is 31.5. The van der Waals surface area contributed by atoms with Crippen molar-refractivity contribution in [3.8, 4) is 5.75 Å². The summed E-state index contributed by atoms with van der Waals surface area (Å²) in [5, 5.41) is 3.66. The van der Waals surface area contributed by atoms with Crippen LogP contribution in [-0.2, 0) is 26.2 Å². The highest BCUT2D eigenvalue weighted by Gasteiger charge is 2.34. The molecule has 0 radical (unpaired) electrons. The molecule has 1 atom stereocenters. The van der Waals surface area contributed by atoms with Crippen LogP contribution in [0, 0.1) is 0 Å². The molecule has 0 aliphatic carbocycles. The van der Waals surface area contributed by atoms with E-state index in [1.54, 1.807) is 44.2 Å². The molecule has 0 heterocycles. The summed E-state index contributed by atoms with van der Waals surface area (Å²) in [6, 6.07) is 16.0. The Kier molecular flexibility index (Phi) is 11.1. The number of nitrogens with zero attached hydrogens (tertiary/aromatic N) is 2. The molecule has 3 aromatic carbocycles. The molecule has 0 aromatic heterocycles. The van der Waals surface area contributed by atoms with Gasteiger partial charge in [0.1, 0.15) is 18.3 Å². The zero-order chi connectivity index (χ0) is 29.4. The SMILES string of the molecule is CCNC(=O)[C@H](CC)N(Cc1c(Cl)cccc1Cl)C(=O)CN(c1cccc(Cl)c1)S(=O)(=O)c1ccc(OC)cc1. The number of hydrogen-bond acceptors (Lipinski definition) is 5. The van der Waals surface area contributed by atoms with E-state index in [0.29, 0.717) is 27.9 Å². The van der Waals surface area contributed by atoms with E-state index in [1.807, 2.05) is 0 Å². The fraction of sp³-hybridized carbons (Fsp3) is 0.286. The van der Waals surface area contributed by atoms with Crippen molar-refractivity contribution in [2.75, 3.05) is 24.5 Å². The molecule has 0 fully saturated rings. The molecular weight excluding hydrogens is 597 g/mol. The fourth-order valence-corrected chi connectivity index (χ4v) is 6.21. The van der Waals surface area contributed by atoms with E-state index < -0.39 is 28.5 Å². The van der Waals surface area contributed by atoms with E-state index >= 15 is 0 Å². The second-order valence-electron chi connectivity index (χ2n) is 8.71. The molecule has 8 nitrogen and oxygen atoms in total. The average Bonchev–Trinajstić information content (AvgIpc) is 2.93. The molecule has 0 bridgehead atoms. The number of rotatable bonds is 12. The highest BCUT2D eigenvalue weighted by atomic mass is 35.5. The van der Waals surface area contributed by atoms with Gasteiger partial charge in [0.05, 0.1) is 17.7 Å². The van der Waals surface area contributed by atoms with Crippen molar-refractivity contribution in [1.82, 2.24) is 10.2 Å². The van der Waals surface area contributed by atoms with Crippen molar-refractivity contribution < 1.29 is 22.7 Å². The molecule has 0 saturated carbocycles. The number of carbonyl (C=O) groups is 2. The number of halogens is 3. The van der Waals surface area contributed by atoms with Crippen molar-refractivity contribution >= 4 is 62.3 Å². The number of sulfonamides is 1. The Hall–Kier alpha value is -2.98. The minimum Gasteiger partial charge on any atom is -0.497 e. The van der Waals surface area contributed by atoms with Gasteiger partial charge in [-0.25, -0.2) is 8.42 Å². The third-order valence-corrected chi connectivity index (χ3v) is 8.88. The first-order valence-corrected chi connectivity index (χ1v) is 15.0. The summed E-state index contributed by atoms with van der Waals surface area (Å²) in [7, 11) is -2.79. The third kappa shape index (κ3) is 7.40. The lowest BCUT2D eigenvalue weighted by Crippen LogP contribution is -2.52. The molecule has 12 heteroatoms. The Balaban J connectivity index is 2.10. The van der Waals surface area contributed by atoms with Crippen LogP contribution in [0.3, 0.4) is 0 Å². The Bertz CT molecular complexity index is 1430. The summed E-state index contributed by atoms with van der Waals surface area (Å²) in [5.41, 5.74) is 0.618. The normalized spacial score (nSPS) is 11.9. The average molecular weight is 627 g/mol. The minimum atomic E-state index is -4.26. The van der Waals surface area contributed by atoms with Crippen LogP contribution >= 0.6 is 34.8 Å². The molecule has 0 aliphatic rings. The van der Waals surface area contributed by atoms with E-state index in [2.05, 4.69) is 5.32 Å².